The number of anilines is 1. The van der Waals surface area contributed by atoms with Crippen LogP contribution in [0.3, 0.4) is 0 Å². The summed E-state index contributed by atoms with van der Waals surface area (Å²) >= 11 is 0. The van der Waals surface area contributed by atoms with Crippen molar-refractivity contribution in [2.45, 2.75) is 51.9 Å². The highest BCUT2D eigenvalue weighted by Gasteiger charge is 2.38. The van der Waals surface area contributed by atoms with Gasteiger partial charge < -0.3 is 5.32 Å². The first-order chi connectivity index (χ1) is 11.5. The van der Waals surface area contributed by atoms with E-state index in [1.165, 1.54) is 24.8 Å². The van der Waals surface area contributed by atoms with Gasteiger partial charge in [-0.3, -0.25) is 9.48 Å². The summed E-state index contributed by atoms with van der Waals surface area (Å²) in [6, 6.07) is 8.22. The quantitative estimate of drug-likeness (QED) is 0.837. The van der Waals surface area contributed by atoms with E-state index < -0.39 is 0 Å². The normalized spacial score (nSPS) is 19.5. The molecule has 1 N–H and O–H groups in total. The number of benzene rings is 1. The number of hydrogen-bond acceptors (Lipinski definition) is 2. The van der Waals surface area contributed by atoms with Gasteiger partial charge in [-0.15, -0.1) is 0 Å². The molecule has 0 aliphatic heterocycles. The number of amides is 1. The summed E-state index contributed by atoms with van der Waals surface area (Å²) in [5.74, 6) is 1.57. The van der Waals surface area contributed by atoms with E-state index in [0.717, 1.165) is 17.3 Å². The first kappa shape index (κ1) is 16.7. The van der Waals surface area contributed by atoms with E-state index in [2.05, 4.69) is 43.3 Å². The lowest BCUT2D eigenvalue weighted by Gasteiger charge is -2.13. The average molecular weight is 325 g/mol. The molecule has 4 heteroatoms. The van der Waals surface area contributed by atoms with Crippen molar-refractivity contribution in [2.24, 2.45) is 13.0 Å². The number of aromatic nitrogens is 2. The summed E-state index contributed by atoms with van der Waals surface area (Å²) in [5, 5.41) is 7.39. The minimum Gasteiger partial charge on any atom is -0.322 e. The molecule has 2 aromatic rings. The molecule has 1 aromatic heterocycles. The molecule has 0 radical (unpaired) electrons. The zero-order chi connectivity index (χ0) is 17.3. The molecule has 4 nitrogen and oxygen atoms in total. The van der Waals surface area contributed by atoms with Crippen LogP contribution in [-0.2, 0) is 7.05 Å². The monoisotopic (exact) mass is 325 g/mol. The topological polar surface area (TPSA) is 46.9 Å². The first-order valence-corrected chi connectivity index (χ1v) is 8.95. The van der Waals surface area contributed by atoms with Crippen LogP contribution < -0.4 is 5.32 Å². The third-order valence-electron chi connectivity index (χ3n) is 4.97. The van der Waals surface area contributed by atoms with Crippen LogP contribution in [0.15, 0.2) is 30.5 Å². The Kier molecular flexibility index (Phi) is 4.74. The molecule has 1 aliphatic rings. The van der Waals surface area contributed by atoms with Crippen LogP contribution in [-0.4, -0.2) is 15.7 Å². The number of nitrogens with zero attached hydrogens (tertiary/aromatic N) is 2. The van der Waals surface area contributed by atoms with Gasteiger partial charge in [0.25, 0.3) is 5.91 Å². The van der Waals surface area contributed by atoms with Crippen molar-refractivity contribution in [2.75, 3.05) is 5.32 Å². The third kappa shape index (κ3) is 3.23. The van der Waals surface area contributed by atoms with Gasteiger partial charge in [-0.05, 0) is 35.8 Å². The SMILES string of the molecule is CCCC1CC1c1ccccc1NC(=O)c1cnn(C)c1C(C)C. The lowest BCUT2D eigenvalue weighted by molar-refractivity contribution is 0.102. The number of para-hydroxylation sites is 1. The van der Waals surface area contributed by atoms with E-state index in [0.29, 0.717) is 11.5 Å². The third-order valence-corrected chi connectivity index (χ3v) is 4.97. The van der Waals surface area contributed by atoms with Crippen molar-refractivity contribution >= 4 is 11.6 Å². The van der Waals surface area contributed by atoms with Gasteiger partial charge in [0, 0.05) is 12.7 Å². The van der Waals surface area contributed by atoms with Crippen LogP contribution in [0, 0.1) is 5.92 Å². The standard InChI is InChI=1S/C20H27N3O/c1-5-8-14-11-16(14)15-9-6-7-10-18(15)22-20(24)17-12-21-23(4)19(17)13(2)3/h6-7,9-10,12-14,16H,5,8,11H2,1-4H3,(H,22,24). The van der Waals surface area contributed by atoms with Gasteiger partial charge >= 0.3 is 0 Å². The van der Waals surface area contributed by atoms with Gasteiger partial charge in [0.2, 0.25) is 0 Å². The van der Waals surface area contributed by atoms with Crippen LogP contribution in [0.5, 0.6) is 0 Å². The smallest absolute Gasteiger partial charge is 0.259 e. The van der Waals surface area contributed by atoms with E-state index in [9.17, 15) is 4.79 Å². The number of carbonyl (C=O) groups excluding carboxylic acids is 1. The second-order valence-electron chi connectivity index (χ2n) is 7.15. The summed E-state index contributed by atoms with van der Waals surface area (Å²) in [6.07, 6.45) is 5.41. The zero-order valence-corrected chi connectivity index (χ0v) is 15.0. The summed E-state index contributed by atoms with van der Waals surface area (Å²) in [6.45, 7) is 6.40. The van der Waals surface area contributed by atoms with Gasteiger partial charge in [0.15, 0.2) is 0 Å². The van der Waals surface area contributed by atoms with Crippen molar-refractivity contribution in [3.8, 4) is 0 Å². The lowest BCUT2D eigenvalue weighted by atomic mass is 10.0. The molecule has 2 atom stereocenters. The summed E-state index contributed by atoms with van der Waals surface area (Å²) < 4.78 is 1.80. The molecule has 0 saturated heterocycles. The summed E-state index contributed by atoms with van der Waals surface area (Å²) in [4.78, 5) is 12.8. The van der Waals surface area contributed by atoms with Crippen LogP contribution in [0.2, 0.25) is 0 Å². The molecule has 1 amide bonds. The van der Waals surface area contributed by atoms with Crippen LogP contribution in [0.1, 0.15) is 73.5 Å². The Morgan fingerprint density at radius 2 is 2.12 bits per heavy atom. The van der Waals surface area contributed by atoms with Crippen molar-refractivity contribution in [3.05, 3.63) is 47.3 Å². The molecule has 128 valence electrons. The number of nitrogens with one attached hydrogen (secondary N) is 1. The van der Waals surface area contributed by atoms with Gasteiger partial charge in [-0.2, -0.15) is 5.10 Å². The molecular weight excluding hydrogens is 298 g/mol. The first-order valence-electron chi connectivity index (χ1n) is 8.95. The van der Waals surface area contributed by atoms with Crippen molar-refractivity contribution in [1.29, 1.82) is 0 Å². The van der Waals surface area contributed by atoms with E-state index in [-0.39, 0.29) is 11.8 Å². The number of hydrogen-bond donors (Lipinski definition) is 1. The summed E-state index contributed by atoms with van der Waals surface area (Å²) in [7, 11) is 1.89. The highest BCUT2D eigenvalue weighted by molar-refractivity contribution is 6.05. The van der Waals surface area contributed by atoms with Gasteiger partial charge in [-0.1, -0.05) is 51.8 Å². The molecule has 2 unspecified atom stereocenters. The maximum absolute atomic E-state index is 12.8. The predicted molar refractivity (Wildman–Crippen MR) is 97.4 cm³/mol. The van der Waals surface area contributed by atoms with Gasteiger partial charge in [0.1, 0.15) is 0 Å². The maximum atomic E-state index is 12.8. The van der Waals surface area contributed by atoms with Crippen LogP contribution in [0.4, 0.5) is 5.69 Å². The van der Waals surface area contributed by atoms with Crippen molar-refractivity contribution < 1.29 is 4.79 Å². The molecule has 3 rings (SSSR count). The molecule has 1 aliphatic carbocycles. The van der Waals surface area contributed by atoms with E-state index >= 15 is 0 Å². The Bertz CT molecular complexity index is 732. The highest BCUT2D eigenvalue weighted by atomic mass is 16.1. The molecule has 1 heterocycles. The highest BCUT2D eigenvalue weighted by Crippen LogP contribution is 2.52. The number of rotatable bonds is 6. The fourth-order valence-electron chi connectivity index (χ4n) is 3.75. The van der Waals surface area contributed by atoms with Crippen LogP contribution >= 0.6 is 0 Å². The van der Waals surface area contributed by atoms with E-state index in [1.54, 1.807) is 10.9 Å². The lowest BCUT2D eigenvalue weighted by Crippen LogP contribution is -2.16. The fourth-order valence-corrected chi connectivity index (χ4v) is 3.75. The Hall–Kier alpha value is -2.10. The number of aryl methyl sites for hydroxylation is 1. The van der Waals surface area contributed by atoms with Gasteiger partial charge in [-0.25, -0.2) is 0 Å². The minimum atomic E-state index is -0.0630. The van der Waals surface area contributed by atoms with Gasteiger partial charge in [0.05, 0.1) is 17.5 Å². The predicted octanol–water partition coefficient (Wildman–Crippen LogP) is 4.70. The summed E-state index contributed by atoms with van der Waals surface area (Å²) in [5.41, 5.74) is 3.87. The molecule has 1 saturated carbocycles. The van der Waals surface area contributed by atoms with Crippen molar-refractivity contribution in [3.63, 3.8) is 0 Å². The molecule has 1 fully saturated rings. The maximum Gasteiger partial charge on any atom is 0.259 e. The largest absolute Gasteiger partial charge is 0.322 e. The zero-order valence-electron chi connectivity index (χ0n) is 15.0. The second kappa shape index (κ2) is 6.80. The second-order valence-corrected chi connectivity index (χ2v) is 7.15. The Morgan fingerprint density at radius 1 is 1.38 bits per heavy atom. The molecule has 0 bridgehead atoms. The minimum absolute atomic E-state index is 0.0630. The van der Waals surface area contributed by atoms with Crippen LogP contribution in [0.25, 0.3) is 0 Å². The Balaban J connectivity index is 1.81. The van der Waals surface area contributed by atoms with Crippen molar-refractivity contribution in [1.82, 2.24) is 9.78 Å². The Labute approximate surface area is 144 Å². The molecule has 0 spiro atoms. The molecule has 24 heavy (non-hydrogen) atoms. The molecule has 1 aromatic carbocycles. The average Bonchev–Trinajstić information content (AvgIpc) is 3.19. The van der Waals surface area contributed by atoms with E-state index in [1.807, 2.05) is 19.2 Å². The molecular formula is C20H27N3O. The Morgan fingerprint density at radius 3 is 2.83 bits per heavy atom. The fraction of sp³-hybridized carbons (Fsp3) is 0.500. The number of carbonyl (C=O) groups is 1. The van der Waals surface area contributed by atoms with E-state index in [4.69, 9.17) is 0 Å².